The van der Waals surface area contributed by atoms with Gasteiger partial charge in [0.15, 0.2) is 0 Å². The zero-order valence-electron chi connectivity index (χ0n) is 32.1. The molecule has 7 heterocycles. The van der Waals surface area contributed by atoms with E-state index in [0.717, 1.165) is 56.0 Å². The number of rotatable bonds is 7. The smallest absolute Gasteiger partial charge is 0.274 e. The molecule has 3 N–H and O–H groups in total. The zero-order chi connectivity index (χ0) is 37.9. The zero-order valence-corrected chi connectivity index (χ0v) is 32.1. The van der Waals surface area contributed by atoms with Crippen LogP contribution in [0.4, 0.5) is 17.1 Å². The minimum Gasteiger partial charge on any atom is -0.386 e. The van der Waals surface area contributed by atoms with Gasteiger partial charge in [-0.1, -0.05) is 19.3 Å². The molecular weight excluding hydrogens is 691 g/mol. The van der Waals surface area contributed by atoms with Crippen LogP contribution < -0.4 is 20.4 Å². The Hall–Kier alpha value is -5.03. The van der Waals surface area contributed by atoms with Crippen molar-refractivity contribution in [2.45, 2.75) is 82.9 Å². The van der Waals surface area contributed by atoms with Crippen molar-refractivity contribution in [1.29, 1.82) is 5.26 Å². The van der Waals surface area contributed by atoms with Crippen LogP contribution in [0.1, 0.15) is 92.9 Å². The van der Waals surface area contributed by atoms with E-state index in [1.54, 1.807) is 32.0 Å². The first kappa shape index (κ1) is 36.9. The lowest BCUT2D eigenvalue weighted by Crippen LogP contribution is -2.62. The summed E-state index contributed by atoms with van der Waals surface area (Å²) in [6.07, 6.45) is 17.5. The van der Waals surface area contributed by atoms with Crippen LogP contribution in [-0.2, 0) is 5.60 Å². The number of carbonyl (C=O) groups excluding carboxylic acids is 1. The van der Waals surface area contributed by atoms with Gasteiger partial charge in [-0.15, -0.1) is 0 Å². The van der Waals surface area contributed by atoms with Crippen molar-refractivity contribution in [3.05, 3.63) is 78.0 Å². The molecule has 4 fully saturated rings. The number of benzene rings is 1. The maximum absolute atomic E-state index is 13.2. The molecule has 4 aromatic heterocycles. The number of carbonyl (C=O) groups is 1. The van der Waals surface area contributed by atoms with Gasteiger partial charge in [0.1, 0.15) is 11.8 Å². The highest BCUT2D eigenvalue weighted by Gasteiger charge is 2.33. The van der Waals surface area contributed by atoms with E-state index < -0.39 is 5.60 Å². The summed E-state index contributed by atoms with van der Waals surface area (Å²) in [4.78, 5) is 25.3. The average molecular weight is 744 g/mol. The minimum absolute atomic E-state index is 0.342. The Kier molecular flexibility index (Phi) is 10.7. The lowest BCUT2D eigenvalue weighted by molar-refractivity contribution is 0.0793. The van der Waals surface area contributed by atoms with E-state index in [1.807, 2.05) is 35.4 Å². The molecule has 0 radical (unpaired) electrons. The molecule has 5 aromatic rings. The van der Waals surface area contributed by atoms with Crippen molar-refractivity contribution in [2.75, 3.05) is 67.5 Å². The van der Waals surface area contributed by atoms with Crippen LogP contribution in [0.2, 0.25) is 0 Å². The van der Waals surface area contributed by atoms with Gasteiger partial charge in [0.2, 0.25) is 0 Å². The highest BCUT2D eigenvalue weighted by atomic mass is 16.3. The lowest BCUT2D eigenvalue weighted by atomic mass is 9.95. The number of aromatic nitrogens is 5. The van der Waals surface area contributed by atoms with Crippen LogP contribution in [0, 0.1) is 11.3 Å². The second-order valence-electron chi connectivity index (χ2n) is 16.1. The molecule has 3 saturated heterocycles. The molecule has 1 aromatic carbocycles. The van der Waals surface area contributed by atoms with E-state index in [4.69, 9.17) is 10.4 Å². The predicted molar refractivity (Wildman–Crippen MR) is 216 cm³/mol. The van der Waals surface area contributed by atoms with E-state index >= 15 is 0 Å². The number of hydrogen-bond acceptors (Lipinski definition) is 10. The number of amides is 1. The van der Waals surface area contributed by atoms with E-state index in [1.165, 1.54) is 86.8 Å². The van der Waals surface area contributed by atoms with E-state index in [9.17, 15) is 9.90 Å². The van der Waals surface area contributed by atoms with Crippen molar-refractivity contribution in [2.24, 2.45) is 0 Å². The van der Waals surface area contributed by atoms with Gasteiger partial charge in [-0.2, -0.15) is 15.5 Å². The van der Waals surface area contributed by atoms with E-state index in [0.29, 0.717) is 34.1 Å². The number of fused-ring (bicyclic) bond motifs is 2. The Morgan fingerprint density at radius 3 is 2.35 bits per heavy atom. The molecular formula is C42H53N11O2. The summed E-state index contributed by atoms with van der Waals surface area (Å²) in [5, 5.41) is 36.2. The summed E-state index contributed by atoms with van der Waals surface area (Å²) in [6.45, 7) is 12.8. The number of anilines is 3. The predicted octanol–water partition coefficient (Wildman–Crippen LogP) is 5.71. The highest BCUT2D eigenvalue weighted by molar-refractivity contribution is 6.05. The van der Waals surface area contributed by atoms with Crippen LogP contribution in [0.25, 0.3) is 16.4 Å². The highest BCUT2D eigenvalue weighted by Crippen LogP contribution is 2.35. The molecule has 4 aliphatic rings. The molecule has 1 aliphatic carbocycles. The lowest BCUT2D eigenvalue weighted by Gasteiger charge is -2.48. The fourth-order valence-corrected chi connectivity index (χ4v) is 8.51. The van der Waals surface area contributed by atoms with Crippen molar-refractivity contribution in [3.8, 4) is 6.07 Å². The summed E-state index contributed by atoms with van der Waals surface area (Å²) in [5.41, 5.74) is 4.79. The van der Waals surface area contributed by atoms with E-state index in [-0.39, 0.29) is 5.91 Å². The molecule has 0 unspecified atom stereocenters. The van der Waals surface area contributed by atoms with Crippen molar-refractivity contribution >= 4 is 39.4 Å². The molecule has 55 heavy (non-hydrogen) atoms. The maximum atomic E-state index is 13.2. The Bertz CT molecular complexity index is 2160. The molecule has 0 atom stereocenters. The summed E-state index contributed by atoms with van der Waals surface area (Å²) < 4.78 is 3.54. The van der Waals surface area contributed by atoms with Crippen LogP contribution in [0.3, 0.4) is 0 Å². The quantitative estimate of drug-likeness (QED) is 0.190. The fourth-order valence-electron chi connectivity index (χ4n) is 8.51. The molecule has 3 aliphatic heterocycles. The third-order valence-corrected chi connectivity index (χ3v) is 11.7. The molecule has 13 heteroatoms. The van der Waals surface area contributed by atoms with Gasteiger partial charge in [0.05, 0.1) is 58.2 Å². The standard InChI is InChI=1S/C25H26N6O2.C17H27N5/c1-25(2,33)20-12-21-17(15-30(29-21)18-6-4-3-5-7-18)11-22(20)28-24(32)23-9-8-19-10-16(13-26)14-27-31(19)23;1-2-6-20(7-3-1)15-10-16(12-19-11-15)22-13-17(14-22)21-8-4-18-5-9-21/h8-12,14-15,18,33H,3-7H2,1-2H3,(H,28,32);10-12,17-18H,1-9,13-14H2. The third-order valence-electron chi connectivity index (χ3n) is 11.7. The maximum Gasteiger partial charge on any atom is 0.274 e. The molecule has 1 amide bonds. The summed E-state index contributed by atoms with van der Waals surface area (Å²) in [7, 11) is 0. The monoisotopic (exact) mass is 743 g/mol. The van der Waals surface area contributed by atoms with Crippen LogP contribution in [0.15, 0.2) is 61.2 Å². The number of aliphatic hydroxyl groups is 1. The Balaban J connectivity index is 0.000000168. The normalized spacial score (nSPS) is 18.8. The van der Waals surface area contributed by atoms with Crippen molar-refractivity contribution in [1.82, 2.24) is 34.6 Å². The summed E-state index contributed by atoms with van der Waals surface area (Å²) >= 11 is 0. The Morgan fingerprint density at radius 2 is 1.62 bits per heavy atom. The molecule has 13 nitrogen and oxygen atoms in total. The first-order valence-electron chi connectivity index (χ1n) is 20.1. The van der Waals surface area contributed by atoms with Gasteiger partial charge in [0.25, 0.3) is 5.91 Å². The summed E-state index contributed by atoms with van der Waals surface area (Å²) in [6, 6.07) is 14.4. The number of piperazine rings is 1. The van der Waals surface area contributed by atoms with Gasteiger partial charge in [-0.25, -0.2) is 4.52 Å². The molecule has 288 valence electrons. The van der Waals surface area contributed by atoms with Gasteiger partial charge in [-0.3, -0.25) is 19.4 Å². The molecule has 0 spiro atoms. The SMILES string of the molecule is CC(C)(O)c1cc2nn(C3CCCCC3)cc2cc1NC(=O)c1ccc2cc(C#N)cnn12.c1ncc(N2CC(N3CCNCC3)C2)cc1N1CCCCC1. The fraction of sp³-hybridized carbons (Fsp3) is 0.500. The largest absolute Gasteiger partial charge is 0.386 e. The second kappa shape index (κ2) is 16.0. The van der Waals surface area contributed by atoms with Gasteiger partial charge >= 0.3 is 0 Å². The number of hydrogen-bond donors (Lipinski definition) is 3. The second-order valence-corrected chi connectivity index (χ2v) is 16.1. The van der Waals surface area contributed by atoms with Crippen LogP contribution in [-0.4, -0.2) is 98.7 Å². The van der Waals surface area contributed by atoms with Gasteiger partial charge < -0.3 is 25.5 Å². The number of piperidine rings is 1. The van der Waals surface area contributed by atoms with Gasteiger partial charge in [-0.05, 0) is 82.3 Å². The first-order valence-corrected chi connectivity index (χ1v) is 20.1. The molecule has 9 rings (SSSR count). The number of nitrogens with zero attached hydrogens (tertiary/aromatic N) is 9. The average Bonchev–Trinajstić information content (AvgIpc) is 3.82. The minimum atomic E-state index is -1.17. The summed E-state index contributed by atoms with van der Waals surface area (Å²) in [5.74, 6) is -0.350. The van der Waals surface area contributed by atoms with Crippen LogP contribution in [0.5, 0.6) is 0 Å². The first-order chi connectivity index (χ1) is 26.7. The number of nitrogens with one attached hydrogen (secondary N) is 2. The van der Waals surface area contributed by atoms with Crippen molar-refractivity contribution < 1.29 is 9.90 Å². The molecule has 1 saturated carbocycles. The van der Waals surface area contributed by atoms with Crippen molar-refractivity contribution in [3.63, 3.8) is 0 Å². The topological polar surface area (TPSA) is 143 Å². The third kappa shape index (κ3) is 8.17. The molecule has 0 bridgehead atoms. The van der Waals surface area contributed by atoms with E-state index in [2.05, 4.69) is 47.6 Å². The Labute approximate surface area is 322 Å². The van der Waals surface area contributed by atoms with Crippen LogP contribution >= 0.6 is 0 Å². The number of pyridine rings is 1. The number of nitriles is 1. The van der Waals surface area contributed by atoms with Gasteiger partial charge in [0, 0.05) is 81.2 Å². The Morgan fingerprint density at radius 1 is 0.891 bits per heavy atom.